The quantitative estimate of drug-likeness (QED) is 0.782. The zero-order valence-corrected chi connectivity index (χ0v) is 8.57. The topological polar surface area (TPSA) is 30.7 Å². The van der Waals surface area contributed by atoms with Crippen LogP contribution in [0.1, 0.15) is 5.69 Å². The highest BCUT2D eigenvalue weighted by Crippen LogP contribution is 2.31. The lowest BCUT2D eigenvalue weighted by Gasteiger charge is -1.99. The SMILES string of the molecule is FC(F)(F)c1cc(Cl)n(-c2nccs2)n1. The fourth-order valence-corrected chi connectivity index (χ4v) is 1.83. The lowest BCUT2D eigenvalue weighted by atomic mass is 10.4. The first kappa shape index (κ1) is 10.4. The van der Waals surface area contributed by atoms with E-state index in [9.17, 15) is 13.2 Å². The number of rotatable bonds is 1. The van der Waals surface area contributed by atoms with Crippen LogP contribution in [0.2, 0.25) is 5.15 Å². The van der Waals surface area contributed by atoms with Gasteiger partial charge in [0.15, 0.2) is 5.69 Å². The van der Waals surface area contributed by atoms with Gasteiger partial charge in [0, 0.05) is 17.6 Å². The molecular formula is C7H3ClF3N3S. The van der Waals surface area contributed by atoms with Crippen LogP contribution in [0, 0.1) is 0 Å². The third-order valence-electron chi connectivity index (χ3n) is 1.56. The second-order valence-electron chi connectivity index (χ2n) is 2.58. The summed E-state index contributed by atoms with van der Waals surface area (Å²) in [6.45, 7) is 0. The first-order valence-electron chi connectivity index (χ1n) is 3.71. The number of alkyl halides is 3. The Balaban J connectivity index is 2.47. The summed E-state index contributed by atoms with van der Waals surface area (Å²) >= 11 is 6.76. The van der Waals surface area contributed by atoms with Crippen molar-refractivity contribution in [3.8, 4) is 5.13 Å². The second-order valence-corrected chi connectivity index (χ2v) is 3.84. The summed E-state index contributed by atoms with van der Waals surface area (Å²) in [4.78, 5) is 3.81. The van der Waals surface area contributed by atoms with Crippen molar-refractivity contribution in [2.24, 2.45) is 0 Å². The van der Waals surface area contributed by atoms with Crippen LogP contribution < -0.4 is 0 Å². The van der Waals surface area contributed by atoms with E-state index in [1.165, 1.54) is 6.20 Å². The van der Waals surface area contributed by atoms with Gasteiger partial charge in [-0.15, -0.1) is 11.3 Å². The maximum atomic E-state index is 12.3. The molecule has 0 spiro atoms. The van der Waals surface area contributed by atoms with E-state index < -0.39 is 11.9 Å². The smallest absolute Gasteiger partial charge is 0.227 e. The van der Waals surface area contributed by atoms with Crippen LogP contribution in [0.5, 0.6) is 0 Å². The third-order valence-corrected chi connectivity index (χ3v) is 2.57. The molecule has 0 N–H and O–H groups in total. The van der Waals surface area contributed by atoms with Gasteiger partial charge in [0.2, 0.25) is 5.13 Å². The van der Waals surface area contributed by atoms with Crippen molar-refractivity contribution < 1.29 is 13.2 Å². The zero-order valence-electron chi connectivity index (χ0n) is 6.99. The summed E-state index contributed by atoms with van der Waals surface area (Å²) < 4.78 is 37.8. The molecule has 2 rings (SSSR count). The predicted octanol–water partition coefficient (Wildman–Crippen LogP) is 3.00. The first-order valence-corrected chi connectivity index (χ1v) is 4.97. The molecule has 0 saturated carbocycles. The molecule has 0 unspecified atom stereocenters. The Hall–Kier alpha value is -1.08. The molecule has 2 heterocycles. The van der Waals surface area contributed by atoms with Crippen LogP contribution in [0.25, 0.3) is 5.13 Å². The van der Waals surface area contributed by atoms with E-state index >= 15 is 0 Å². The van der Waals surface area contributed by atoms with E-state index in [2.05, 4.69) is 10.1 Å². The van der Waals surface area contributed by atoms with Crippen molar-refractivity contribution in [3.63, 3.8) is 0 Å². The minimum atomic E-state index is -4.49. The molecule has 0 bridgehead atoms. The molecule has 2 aromatic rings. The monoisotopic (exact) mass is 253 g/mol. The summed E-state index contributed by atoms with van der Waals surface area (Å²) in [5.41, 5.74) is -1.03. The first-order chi connectivity index (χ1) is 6.98. The van der Waals surface area contributed by atoms with Crippen LogP contribution >= 0.6 is 22.9 Å². The summed E-state index contributed by atoms with van der Waals surface area (Å²) in [5, 5.41) is 5.14. The van der Waals surface area contributed by atoms with Gasteiger partial charge in [0.05, 0.1) is 0 Å². The number of nitrogens with zero attached hydrogens (tertiary/aromatic N) is 3. The van der Waals surface area contributed by atoms with Gasteiger partial charge < -0.3 is 0 Å². The van der Waals surface area contributed by atoms with E-state index in [1.807, 2.05) is 0 Å². The molecule has 15 heavy (non-hydrogen) atoms. The highest BCUT2D eigenvalue weighted by molar-refractivity contribution is 7.12. The number of halogens is 4. The Morgan fingerprint density at radius 2 is 2.13 bits per heavy atom. The van der Waals surface area contributed by atoms with Gasteiger partial charge >= 0.3 is 6.18 Å². The molecule has 0 fully saturated rings. The van der Waals surface area contributed by atoms with E-state index in [0.29, 0.717) is 5.13 Å². The molecule has 2 aromatic heterocycles. The van der Waals surface area contributed by atoms with Gasteiger partial charge in [0.1, 0.15) is 5.15 Å². The van der Waals surface area contributed by atoms with Crippen LogP contribution in [0.3, 0.4) is 0 Å². The molecule has 0 saturated heterocycles. The number of hydrogen-bond donors (Lipinski definition) is 0. The van der Waals surface area contributed by atoms with Crippen LogP contribution in [-0.4, -0.2) is 14.8 Å². The molecule has 3 nitrogen and oxygen atoms in total. The van der Waals surface area contributed by atoms with Crippen molar-refractivity contribution >= 4 is 22.9 Å². The van der Waals surface area contributed by atoms with Crippen LogP contribution in [0.15, 0.2) is 17.6 Å². The third kappa shape index (κ3) is 1.98. The van der Waals surface area contributed by atoms with Gasteiger partial charge in [-0.25, -0.2) is 4.98 Å². The van der Waals surface area contributed by atoms with Crippen molar-refractivity contribution in [2.45, 2.75) is 6.18 Å². The molecule has 80 valence electrons. The average Bonchev–Trinajstić information content (AvgIpc) is 2.69. The molecular weight excluding hydrogens is 251 g/mol. The minimum Gasteiger partial charge on any atom is -0.227 e. The Labute approximate surface area is 91.1 Å². The molecule has 0 atom stereocenters. The van der Waals surface area contributed by atoms with Crippen molar-refractivity contribution in [1.29, 1.82) is 0 Å². The van der Waals surface area contributed by atoms with Gasteiger partial charge in [-0.05, 0) is 0 Å². The van der Waals surface area contributed by atoms with Gasteiger partial charge in [-0.2, -0.15) is 23.0 Å². The van der Waals surface area contributed by atoms with E-state index in [1.54, 1.807) is 5.38 Å². The predicted molar refractivity (Wildman–Crippen MR) is 49.2 cm³/mol. The summed E-state index contributed by atoms with van der Waals surface area (Å²) in [7, 11) is 0. The Kier molecular flexibility index (Phi) is 2.43. The Bertz CT molecular complexity index is 462. The largest absolute Gasteiger partial charge is 0.435 e. The Morgan fingerprint density at radius 1 is 1.40 bits per heavy atom. The standard InChI is InChI=1S/C7H3ClF3N3S/c8-5-3-4(7(9,10)11)13-14(5)6-12-1-2-15-6/h1-3H. The normalized spacial score (nSPS) is 12.0. The van der Waals surface area contributed by atoms with Crippen molar-refractivity contribution in [2.75, 3.05) is 0 Å². The van der Waals surface area contributed by atoms with E-state index in [0.717, 1.165) is 22.1 Å². The highest BCUT2D eigenvalue weighted by Gasteiger charge is 2.35. The van der Waals surface area contributed by atoms with Gasteiger partial charge in [-0.1, -0.05) is 11.6 Å². The molecule has 0 aliphatic heterocycles. The van der Waals surface area contributed by atoms with E-state index in [-0.39, 0.29) is 5.15 Å². The average molecular weight is 254 g/mol. The summed E-state index contributed by atoms with van der Waals surface area (Å²) in [6, 6.07) is 0.767. The minimum absolute atomic E-state index is 0.114. The number of hydrogen-bond acceptors (Lipinski definition) is 3. The molecule has 8 heteroatoms. The highest BCUT2D eigenvalue weighted by atomic mass is 35.5. The van der Waals surface area contributed by atoms with Gasteiger partial charge in [0.25, 0.3) is 0 Å². The number of thiazole rings is 1. The van der Waals surface area contributed by atoms with Crippen LogP contribution in [-0.2, 0) is 6.18 Å². The lowest BCUT2D eigenvalue weighted by Crippen LogP contribution is -2.07. The van der Waals surface area contributed by atoms with Crippen LogP contribution in [0.4, 0.5) is 13.2 Å². The van der Waals surface area contributed by atoms with Crippen molar-refractivity contribution in [3.05, 3.63) is 28.5 Å². The number of aromatic nitrogens is 3. The second kappa shape index (κ2) is 3.49. The maximum absolute atomic E-state index is 12.3. The molecule has 0 aromatic carbocycles. The molecule has 0 aliphatic rings. The maximum Gasteiger partial charge on any atom is 0.435 e. The summed E-state index contributed by atoms with van der Waals surface area (Å²) in [6.07, 6.45) is -3.03. The fourth-order valence-electron chi connectivity index (χ4n) is 0.952. The Morgan fingerprint density at radius 3 is 2.60 bits per heavy atom. The van der Waals surface area contributed by atoms with E-state index in [4.69, 9.17) is 11.6 Å². The molecule has 0 aliphatic carbocycles. The summed E-state index contributed by atoms with van der Waals surface area (Å²) in [5.74, 6) is 0. The fraction of sp³-hybridized carbons (Fsp3) is 0.143. The van der Waals surface area contributed by atoms with Gasteiger partial charge in [-0.3, -0.25) is 0 Å². The zero-order chi connectivity index (χ0) is 11.1. The molecule has 0 radical (unpaired) electrons. The molecule has 0 amide bonds. The van der Waals surface area contributed by atoms with Crippen molar-refractivity contribution in [1.82, 2.24) is 14.8 Å². The lowest BCUT2D eigenvalue weighted by molar-refractivity contribution is -0.141.